The third kappa shape index (κ3) is 3.50. The zero-order valence-corrected chi connectivity index (χ0v) is 18.1. The lowest BCUT2D eigenvalue weighted by Crippen LogP contribution is -2.27. The van der Waals surface area contributed by atoms with Crippen molar-refractivity contribution in [1.29, 1.82) is 0 Å². The van der Waals surface area contributed by atoms with Crippen LogP contribution in [0, 0.1) is 0 Å². The van der Waals surface area contributed by atoms with E-state index in [9.17, 15) is 9.90 Å². The summed E-state index contributed by atoms with van der Waals surface area (Å²) in [5.74, 6) is 0.0578. The van der Waals surface area contributed by atoms with Gasteiger partial charge in [-0.1, -0.05) is 36.4 Å². The lowest BCUT2D eigenvalue weighted by molar-refractivity contribution is 0.0540. The van der Waals surface area contributed by atoms with Crippen molar-refractivity contribution in [3.63, 3.8) is 0 Å². The largest absolute Gasteiger partial charge is 0.494 e. The van der Waals surface area contributed by atoms with Gasteiger partial charge < -0.3 is 14.8 Å². The van der Waals surface area contributed by atoms with Crippen LogP contribution in [0.2, 0.25) is 0 Å². The first-order valence-corrected chi connectivity index (χ1v) is 10.4. The minimum atomic E-state index is -0.588. The summed E-state index contributed by atoms with van der Waals surface area (Å²) in [6, 6.07) is 21.2. The van der Waals surface area contributed by atoms with Crippen molar-refractivity contribution in [2.24, 2.45) is 0 Å². The summed E-state index contributed by atoms with van der Waals surface area (Å²) >= 11 is 0. The summed E-state index contributed by atoms with van der Waals surface area (Å²) in [7, 11) is 0. The number of hydrogen-bond donors (Lipinski definition) is 2. The van der Waals surface area contributed by atoms with Gasteiger partial charge in [0, 0.05) is 28.0 Å². The molecule has 2 N–H and O–H groups in total. The van der Waals surface area contributed by atoms with Gasteiger partial charge in [0.05, 0.1) is 22.5 Å². The average Bonchev–Trinajstić information content (AvgIpc) is 3.35. The fourth-order valence-corrected chi connectivity index (χ4v) is 3.89. The lowest BCUT2D eigenvalue weighted by atomic mass is 10.0. The molecule has 6 heteroatoms. The highest BCUT2D eigenvalue weighted by molar-refractivity contribution is 6.00. The minimum Gasteiger partial charge on any atom is -0.494 e. The van der Waals surface area contributed by atoms with E-state index in [1.54, 1.807) is 12.3 Å². The normalized spacial score (nSPS) is 11.8. The Balaban J connectivity index is 1.57. The molecule has 2 aromatic carbocycles. The zero-order valence-electron chi connectivity index (χ0n) is 18.1. The van der Waals surface area contributed by atoms with Crippen molar-refractivity contribution in [3.8, 4) is 28.4 Å². The number of para-hydroxylation sites is 1. The van der Waals surface area contributed by atoms with Crippen LogP contribution in [0.25, 0.3) is 44.3 Å². The monoisotopic (exact) mass is 425 g/mol. The first-order chi connectivity index (χ1) is 15.3. The maximum Gasteiger partial charge on any atom is 0.418 e. The number of carbonyl (C=O) groups is 1. The van der Waals surface area contributed by atoms with Gasteiger partial charge in [0.1, 0.15) is 5.60 Å². The highest BCUT2D eigenvalue weighted by atomic mass is 16.6. The number of pyridine rings is 1. The fourth-order valence-electron chi connectivity index (χ4n) is 3.89. The number of hydrogen-bond acceptors (Lipinski definition) is 4. The number of aromatic nitrogens is 3. The van der Waals surface area contributed by atoms with Gasteiger partial charge in [0.15, 0.2) is 5.88 Å². The van der Waals surface area contributed by atoms with Crippen molar-refractivity contribution in [2.75, 3.05) is 0 Å². The van der Waals surface area contributed by atoms with E-state index in [1.807, 2.05) is 81.4 Å². The van der Waals surface area contributed by atoms with Gasteiger partial charge in [-0.3, -0.25) is 4.57 Å². The second kappa shape index (κ2) is 7.27. The number of aromatic hydroxyl groups is 1. The van der Waals surface area contributed by atoms with Gasteiger partial charge in [-0.25, -0.2) is 9.78 Å². The van der Waals surface area contributed by atoms with Crippen LogP contribution >= 0.6 is 0 Å². The van der Waals surface area contributed by atoms with Crippen molar-refractivity contribution in [3.05, 3.63) is 72.9 Å². The summed E-state index contributed by atoms with van der Waals surface area (Å²) in [6.07, 6.45) is 1.25. The van der Waals surface area contributed by atoms with Gasteiger partial charge in [0.2, 0.25) is 0 Å². The van der Waals surface area contributed by atoms with Crippen molar-refractivity contribution in [1.82, 2.24) is 14.5 Å². The highest BCUT2D eigenvalue weighted by Gasteiger charge is 2.21. The Morgan fingerprint density at radius 2 is 1.84 bits per heavy atom. The fraction of sp³-hybridized carbons (Fsp3) is 0.154. The number of benzene rings is 2. The number of H-pyrrole nitrogens is 1. The number of nitrogens with one attached hydrogen (secondary N) is 1. The van der Waals surface area contributed by atoms with Crippen molar-refractivity contribution in [2.45, 2.75) is 26.4 Å². The summed E-state index contributed by atoms with van der Waals surface area (Å²) in [4.78, 5) is 20.4. The van der Waals surface area contributed by atoms with Crippen LogP contribution < -0.4 is 0 Å². The first-order valence-electron chi connectivity index (χ1n) is 10.4. The van der Waals surface area contributed by atoms with Gasteiger partial charge in [-0.15, -0.1) is 0 Å². The van der Waals surface area contributed by atoms with E-state index < -0.39 is 11.7 Å². The number of aromatic amines is 1. The van der Waals surface area contributed by atoms with Crippen LogP contribution in [-0.4, -0.2) is 31.3 Å². The second-order valence-electron chi connectivity index (χ2n) is 8.74. The number of nitrogens with zero attached hydrogens (tertiary/aromatic N) is 2. The molecule has 0 bridgehead atoms. The number of rotatable bonds is 2. The summed E-state index contributed by atoms with van der Waals surface area (Å²) in [5, 5.41) is 12.6. The van der Waals surface area contributed by atoms with E-state index in [0.29, 0.717) is 17.0 Å². The molecule has 0 saturated heterocycles. The number of ether oxygens (including phenoxy) is 1. The molecule has 0 radical (unpaired) electrons. The summed E-state index contributed by atoms with van der Waals surface area (Å²) < 4.78 is 7.00. The van der Waals surface area contributed by atoms with Crippen LogP contribution in [0.3, 0.4) is 0 Å². The Kier molecular flexibility index (Phi) is 4.51. The third-order valence-corrected chi connectivity index (χ3v) is 5.27. The van der Waals surface area contributed by atoms with Gasteiger partial charge >= 0.3 is 6.09 Å². The van der Waals surface area contributed by atoms with E-state index >= 15 is 0 Å². The van der Waals surface area contributed by atoms with Crippen LogP contribution in [0.4, 0.5) is 4.79 Å². The molecule has 0 spiro atoms. The predicted molar refractivity (Wildman–Crippen MR) is 126 cm³/mol. The molecule has 0 aliphatic rings. The Bertz CT molecular complexity index is 1470. The molecule has 3 aromatic heterocycles. The van der Waals surface area contributed by atoms with Crippen molar-refractivity contribution < 1.29 is 14.6 Å². The Labute approximate surface area is 185 Å². The Morgan fingerprint density at radius 1 is 1.03 bits per heavy atom. The Morgan fingerprint density at radius 3 is 2.66 bits per heavy atom. The lowest BCUT2D eigenvalue weighted by Gasteiger charge is -2.20. The van der Waals surface area contributed by atoms with E-state index in [2.05, 4.69) is 4.98 Å². The molecular formula is C26H23N3O3. The van der Waals surface area contributed by atoms with Gasteiger partial charge in [0.25, 0.3) is 0 Å². The van der Waals surface area contributed by atoms with Crippen LogP contribution in [0.5, 0.6) is 5.88 Å². The molecule has 0 atom stereocenters. The molecule has 0 unspecified atom stereocenters. The summed E-state index contributed by atoms with van der Waals surface area (Å²) in [6.45, 7) is 5.51. The molecule has 0 aliphatic carbocycles. The molecule has 5 aromatic rings. The molecule has 6 nitrogen and oxygen atoms in total. The van der Waals surface area contributed by atoms with Crippen LogP contribution in [0.1, 0.15) is 20.8 Å². The SMILES string of the molecule is CC(C)(C)OC(=O)n1cccc1-c1ccc2c(-c3ccc4ccccc4n3)c(O)[nH]c2c1. The van der Waals surface area contributed by atoms with Crippen molar-refractivity contribution >= 4 is 27.9 Å². The van der Waals surface area contributed by atoms with E-state index in [4.69, 9.17) is 9.72 Å². The molecule has 5 rings (SSSR count). The third-order valence-electron chi connectivity index (χ3n) is 5.27. The quantitative estimate of drug-likeness (QED) is 0.346. The average molecular weight is 425 g/mol. The standard InChI is InChI=1S/C26H23N3O3/c1-26(2,3)32-25(31)29-14-6-9-22(29)17-10-12-18-21(15-17)28-24(30)23(18)20-13-11-16-7-4-5-8-19(16)27-20/h4-15,28,30H,1-3H3. The van der Waals surface area contributed by atoms with E-state index in [-0.39, 0.29) is 5.88 Å². The molecule has 0 aliphatic heterocycles. The minimum absolute atomic E-state index is 0.0578. The van der Waals surface area contributed by atoms with Crippen LogP contribution in [0.15, 0.2) is 72.9 Å². The molecular weight excluding hydrogens is 402 g/mol. The maximum absolute atomic E-state index is 12.6. The number of fused-ring (bicyclic) bond motifs is 2. The Hall–Kier alpha value is -4.06. The topological polar surface area (TPSA) is 80.1 Å². The molecule has 160 valence electrons. The van der Waals surface area contributed by atoms with E-state index in [0.717, 1.165) is 27.4 Å². The highest BCUT2D eigenvalue weighted by Crippen LogP contribution is 2.38. The van der Waals surface area contributed by atoms with Crippen LogP contribution in [-0.2, 0) is 4.74 Å². The predicted octanol–water partition coefficient (Wildman–Crippen LogP) is 6.34. The first kappa shape index (κ1) is 19.9. The molecule has 3 heterocycles. The second-order valence-corrected chi connectivity index (χ2v) is 8.74. The summed E-state index contributed by atoms with van der Waals surface area (Å²) in [5.41, 5.74) is 3.91. The molecule has 0 fully saturated rings. The molecule has 0 amide bonds. The maximum atomic E-state index is 12.6. The zero-order chi connectivity index (χ0) is 22.5. The molecule has 32 heavy (non-hydrogen) atoms. The smallest absolute Gasteiger partial charge is 0.418 e. The van der Waals surface area contributed by atoms with E-state index in [1.165, 1.54) is 4.57 Å². The molecule has 0 saturated carbocycles. The van der Waals surface area contributed by atoms with Gasteiger partial charge in [-0.2, -0.15) is 0 Å². The van der Waals surface area contributed by atoms with Gasteiger partial charge in [-0.05, 0) is 51.1 Å². The number of carbonyl (C=O) groups excluding carboxylic acids is 1.